The molecule has 0 spiro atoms. The summed E-state index contributed by atoms with van der Waals surface area (Å²) < 4.78 is 0. The lowest BCUT2D eigenvalue weighted by Crippen LogP contribution is -2.54. The lowest BCUT2D eigenvalue weighted by atomic mass is 10.0. The van der Waals surface area contributed by atoms with Crippen LogP contribution >= 0.6 is 0 Å². The Hall–Kier alpha value is -3.89. The third kappa shape index (κ3) is 3.05. The summed E-state index contributed by atoms with van der Waals surface area (Å²) in [5.41, 5.74) is 1.23. The van der Waals surface area contributed by atoms with Gasteiger partial charge in [-0.2, -0.15) is 5.21 Å². The molecule has 3 N–H and O–H groups in total. The summed E-state index contributed by atoms with van der Waals surface area (Å²) in [4.78, 5) is 49.0. The predicted octanol–water partition coefficient (Wildman–Crippen LogP) is -0.663. The summed E-state index contributed by atoms with van der Waals surface area (Å²) in [5.74, 6) is -1.92. The van der Waals surface area contributed by atoms with Crippen molar-refractivity contribution >= 4 is 29.3 Å². The average Bonchev–Trinajstić information content (AvgIpc) is 3.26. The first kappa shape index (κ1) is 16.6. The van der Waals surface area contributed by atoms with Gasteiger partial charge in [-0.1, -0.05) is 12.1 Å². The van der Waals surface area contributed by atoms with E-state index < -0.39 is 29.7 Å². The van der Waals surface area contributed by atoms with E-state index in [-0.39, 0.29) is 18.5 Å². The number of imide groups is 2. The standard InChI is InChI=1S/C16H13N7O4/c24-12-5-4-11(15(26)18-12)23-13(25)7-10(16(23)27)17-9-3-1-2-8(6-9)14-19-21-22-20-14/h1-3,6-7,11,17H,4-5H2,(H,18,24,26)(H,19,20,21,22). The molecule has 1 saturated heterocycles. The molecule has 0 aliphatic carbocycles. The molecule has 0 saturated carbocycles. The molecule has 11 nitrogen and oxygen atoms in total. The van der Waals surface area contributed by atoms with Gasteiger partial charge in [0.2, 0.25) is 17.6 Å². The van der Waals surface area contributed by atoms with Gasteiger partial charge in [0, 0.05) is 23.7 Å². The quantitative estimate of drug-likeness (QED) is 0.603. The first-order valence-corrected chi connectivity index (χ1v) is 8.07. The van der Waals surface area contributed by atoms with Gasteiger partial charge in [0.25, 0.3) is 11.8 Å². The number of tetrazole rings is 1. The van der Waals surface area contributed by atoms with Crippen molar-refractivity contribution in [2.75, 3.05) is 5.32 Å². The molecule has 2 aromatic rings. The molecule has 1 aromatic heterocycles. The topological polar surface area (TPSA) is 150 Å². The number of nitrogens with one attached hydrogen (secondary N) is 3. The Labute approximate surface area is 151 Å². The molecule has 136 valence electrons. The second-order valence-corrected chi connectivity index (χ2v) is 5.98. The zero-order valence-electron chi connectivity index (χ0n) is 13.8. The Balaban J connectivity index is 1.52. The fraction of sp³-hybridized carbons (Fsp3) is 0.188. The highest BCUT2D eigenvalue weighted by Crippen LogP contribution is 2.24. The van der Waals surface area contributed by atoms with Crippen molar-refractivity contribution in [3.63, 3.8) is 0 Å². The van der Waals surface area contributed by atoms with Crippen molar-refractivity contribution in [2.45, 2.75) is 18.9 Å². The number of amides is 4. The number of carbonyl (C=O) groups is 4. The van der Waals surface area contributed by atoms with Crippen molar-refractivity contribution in [3.8, 4) is 11.4 Å². The van der Waals surface area contributed by atoms with Crippen LogP contribution in [0.15, 0.2) is 36.0 Å². The van der Waals surface area contributed by atoms with Gasteiger partial charge in [0.15, 0.2) is 0 Å². The molecule has 1 unspecified atom stereocenters. The third-order valence-electron chi connectivity index (χ3n) is 4.22. The van der Waals surface area contributed by atoms with E-state index in [1.807, 2.05) is 0 Å². The maximum atomic E-state index is 12.6. The van der Waals surface area contributed by atoms with E-state index in [2.05, 4.69) is 31.3 Å². The van der Waals surface area contributed by atoms with Crippen LogP contribution in [0.25, 0.3) is 11.4 Å². The third-order valence-corrected chi connectivity index (χ3v) is 4.22. The molecule has 4 rings (SSSR count). The number of nitrogens with zero attached hydrogens (tertiary/aromatic N) is 4. The highest BCUT2D eigenvalue weighted by Gasteiger charge is 2.42. The highest BCUT2D eigenvalue weighted by molar-refractivity contribution is 6.20. The van der Waals surface area contributed by atoms with E-state index in [0.717, 1.165) is 11.0 Å². The van der Waals surface area contributed by atoms with Gasteiger partial charge in [0.1, 0.15) is 11.7 Å². The van der Waals surface area contributed by atoms with Crippen LogP contribution in [-0.4, -0.2) is 55.2 Å². The number of aromatic nitrogens is 4. The molecule has 27 heavy (non-hydrogen) atoms. The van der Waals surface area contributed by atoms with Crippen molar-refractivity contribution < 1.29 is 19.2 Å². The molecule has 1 atom stereocenters. The lowest BCUT2D eigenvalue weighted by molar-refractivity contribution is -0.149. The van der Waals surface area contributed by atoms with Crippen LogP contribution in [0, 0.1) is 0 Å². The monoisotopic (exact) mass is 367 g/mol. The minimum absolute atomic E-state index is 0.0370. The summed E-state index contributed by atoms with van der Waals surface area (Å²) in [6, 6.07) is 5.90. The minimum atomic E-state index is -0.996. The molecule has 2 aliphatic rings. The van der Waals surface area contributed by atoms with Crippen LogP contribution in [0.2, 0.25) is 0 Å². The summed E-state index contributed by atoms with van der Waals surface area (Å²) in [6.45, 7) is 0. The first-order chi connectivity index (χ1) is 13.0. The Morgan fingerprint density at radius 3 is 2.78 bits per heavy atom. The maximum Gasteiger partial charge on any atom is 0.278 e. The van der Waals surface area contributed by atoms with E-state index in [1.165, 1.54) is 0 Å². The number of aromatic amines is 1. The maximum absolute atomic E-state index is 12.6. The predicted molar refractivity (Wildman–Crippen MR) is 89.3 cm³/mol. The number of H-pyrrole nitrogens is 1. The zero-order valence-corrected chi connectivity index (χ0v) is 13.8. The highest BCUT2D eigenvalue weighted by atomic mass is 16.2. The normalized spacial score (nSPS) is 19.9. The molecule has 2 aliphatic heterocycles. The largest absolute Gasteiger partial charge is 0.351 e. The van der Waals surface area contributed by atoms with Crippen molar-refractivity contribution in [1.29, 1.82) is 0 Å². The number of rotatable bonds is 4. The minimum Gasteiger partial charge on any atom is -0.351 e. The van der Waals surface area contributed by atoms with Crippen LogP contribution in [0.3, 0.4) is 0 Å². The first-order valence-electron chi connectivity index (χ1n) is 8.07. The Bertz CT molecular complexity index is 982. The Kier molecular flexibility index (Phi) is 3.95. The molecule has 0 bridgehead atoms. The van der Waals surface area contributed by atoms with E-state index in [4.69, 9.17) is 0 Å². The smallest absolute Gasteiger partial charge is 0.278 e. The number of carbonyl (C=O) groups excluding carboxylic acids is 4. The lowest BCUT2D eigenvalue weighted by Gasteiger charge is -2.28. The van der Waals surface area contributed by atoms with E-state index in [1.54, 1.807) is 24.3 Å². The fourth-order valence-electron chi connectivity index (χ4n) is 2.97. The van der Waals surface area contributed by atoms with Crippen LogP contribution in [0.5, 0.6) is 0 Å². The van der Waals surface area contributed by atoms with Gasteiger partial charge in [-0.3, -0.25) is 29.4 Å². The number of hydrogen-bond acceptors (Lipinski definition) is 8. The zero-order chi connectivity index (χ0) is 19.0. The van der Waals surface area contributed by atoms with E-state index in [9.17, 15) is 19.2 Å². The van der Waals surface area contributed by atoms with E-state index >= 15 is 0 Å². The number of piperidine rings is 1. The number of anilines is 1. The van der Waals surface area contributed by atoms with Crippen LogP contribution in [-0.2, 0) is 19.2 Å². The van der Waals surface area contributed by atoms with Gasteiger partial charge in [0.05, 0.1) is 0 Å². The second kappa shape index (κ2) is 6.44. The number of hydrogen-bond donors (Lipinski definition) is 3. The Morgan fingerprint density at radius 2 is 2.04 bits per heavy atom. The molecule has 1 fully saturated rings. The summed E-state index contributed by atoms with van der Waals surface area (Å²) in [6.07, 6.45) is 1.31. The molecule has 4 amide bonds. The second-order valence-electron chi connectivity index (χ2n) is 5.98. The van der Waals surface area contributed by atoms with Crippen LogP contribution in [0.4, 0.5) is 5.69 Å². The molecule has 0 radical (unpaired) electrons. The van der Waals surface area contributed by atoms with Gasteiger partial charge in [-0.25, -0.2) is 0 Å². The van der Waals surface area contributed by atoms with Crippen LogP contribution in [0.1, 0.15) is 12.8 Å². The van der Waals surface area contributed by atoms with Gasteiger partial charge >= 0.3 is 0 Å². The van der Waals surface area contributed by atoms with Gasteiger partial charge in [-0.05, 0) is 23.8 Å². The van der Waals surface area contributed by atoms with Crippen LogP contribution < -0.4 is 10.6 Å². The van der Waals surface area contributed by atoms with E-state index in [0.29, 0.717) is 17.1 Å². The SMILES string of the molecule is O=C1CCC(N2C(=O)C=C(Nc3cccc(-c4nn[nH]n4)c3)C2=O)C(=O)N1. The molecular weight excluding hydrogens is 354 g/mol. The molecular formula is C16H13N7O4. The fourth-order valence-corrected chi connectivity index (χ4v) is 2.97. The molecule has 11 heteroatoms. The summed E-state index contributed by atoms with van der Waals surface area (Å²) in [7, 11) is 0. The van der Waals surface area contributed by atoms with Crippen molar-refractivity contribution in [2.24, 2.45) is 0 Å². The average molecular weight is 367 g/mol. The summed E-state index contributed by atoms with van der Waals surface area (Å²) in [5, 5.41) is 18.6. The molecule has 1 aromatic carbocycles. The van der Waals surface area contributed by atoms with Crippen molar-refractivity contribution in [3.05, 3.63) is 36.0 Å². The van der Waals surface area contributed by atoms with Gasteiger partial charge in [-0.15, -0.1) is 10.2 Å². The molecule has 3 heterocycles. The number of benzene rings is 1. The summed E-state index contributed by atoms with van der Waals surface area (Å²) >= 11 is 0. The van der Waals surface area contributed by atoms with Crippen molar-refractivity contribution in [1.82, 2.24) is 30.8 Å². The van der Waals surface area contributed by atoms with Gasteiger partial charge < -0.3 is 5.32 Å². The Morgan fingerprint density at radius 1 is 1.19 bits per heavy atom.